The topological polar surface area (TPSA) is 43.4 Å². The van der Waals surface area contributed by atoms with Crippen molar-refractivity contribution in [2.75, 3.05) is 0 Å². The third-order valence-electron chi connectivity index (χ3n) is 5.11. The van der Waals surface area contributed by atoms with Crippen LogP contribution in [0.5, 0.6) is 0 Å². The van der Waals surface area contributed by atoms with Gasteiger partial charge in [0.25, 0.3) is 0 Å². The van der Waals surface area contributed by atoms with E-state index in [2.05, 4.69) is 0 Å². The molecule has 0 saturated carbocycles. The van der Waals surface area contributed by atoms with Gasteiger partial charge < -0.3 is 4.74 Å². The van der Waals surface area contributed by atoms with E-state index in [1.54, 1.807) is 13.8 Å². The summed E-state index contributed by atoms with van der Waals surface area (Å²) in [5, 5.41) is 0.648. The van der Waals surface area contributed by atoms with Crippen LogP contribution >= 0.6 is 11.6 Å². The van der Waals surface area contributed by atoms with Crippen molar-refractivity contribution in [1.82, 2.24) is 0 Å². The predicted molar refractivity (Wildman–Crippen MR) is 112 cm³/mol. The predicted octanol–water partition coefficient (Wildman–Crippen LogP) is 6.01. The van der Waals surface area contributed by atoms with Crippen LogP contribution in [0.4, 0.5) is 0 Å². The van der Waals surface area contributed by atoms with E-state index in [9.17, 15) is 9.59 Å². The molecule has 1 aliphatic rings. The molecule has 2 aromatic carbocycles. The van der Waals surface area contributed by atoms with E-state index >= 15 is 0 Å². The summed E-state index contributed by atoms with van der Waals surface area (Å²) in [4.78, 5) is 25.4. The van der Waals surface area contributed by atoms with Gasteiger partial charge in [-0.1, -0.05) is 61.3 Å². The first kappa shape index (κ1) is 20.3. The molecule has 28 heavy (non-hydrogen) atoms. The van der Waals surface area contributed by atoms with E-state index in [0.717, 1.165) is 22.3 Å². The largest absolute Gasteiger partial charge is 0.429 e. The summed E-state index contributed by atoms with van der Waals surface area (Å²) in [6, 6.07) is 13.5. The summed E-state index contributed by atoms with van der Waals surface area (Å²) >= 11 is 6.04. The van der Waals surface area contributed by atoms with Crippen LogP contribution in [-0.2, 0) is 14.3 Å². The molecular weight excluding hydrogens is 372 g/mol. The van der Waals surface area contributed by atoms with Crippen LogP contribution < -0.4 is 0 Å². The van der Waals surface area contributed by atoms with E-state index in [0.29, 0.717) is 29.2 Å². The monoisotopic (exact) mass is 396 g/mol. The van der Waals surface area contributed by atoms with Crippen molar-refractivity contribution in [2.24, 2.45) is 5.92 Å². The fraction of sp³-hybridized carbons (Fsp3) is 0.333. The minimum atomic E-state index is -0.328. The van der Waals surface area contributed by atoms with Gasteiger partial charge in [-0.2, -0.15) is 0 Å². The van der Waals surface area contributed by atoms with Crippen LogP contribution in [0.15, 0.2) is 48.2 Å². The highest BCUT2D eigenvalue weighted by Gasteiger charge is 2.34. The molecule has 1 unspecified atom stereocenters. The molecule has 2 aromatic rings. The Morgan fingerprint density at radius 1 is 1.11 bits per heavy atom. The third-order valence-corrected chi connectivity index (χ3v) is 5.36. The molecule has 4 heteroatoms. The number of carbonyl (C=O) groups excluding carboxylic acids is 2. The fourth-order valence-electron chi connectivity index (χ4n) is 3.58. The van der Waals surface area contributed by atoms with E-state index in [4.69, 9.17) is 16.3 Å². The first-order chi connectivity index (χ1) is 13.3. The normalized spacial score (nSPS) is 17.2. The van der Waals surface area contributed by atoms with Gasteiger partial charge in [-0.25, -0.2) is 0 Å². The number of allylic oxidation sites excluding steroid dienone is 2. The Kier molecular flexibility index (Phi) is 6.04. The SMILES string of the molecule is Cc1ccc(C2=C(OC(=O)C(C)C)C(c3ccc(Cl)cc3)CCC2=O)c(C)c1. The highest BCUT2D eigenvalue weighted by atomic mass is 35.5. The maximum Gasteiger partial charge on any atom is 0.313 e. The zero-order chi connectivity index (χ0) is 20.4. The number of rotatable bonds is 4. The summed E-state index contributed by atoms with van der Waals surface area (Å²) in [6.45, 7) is 7.59. The van der Waals surface area contributed by atoms with Crippen LogP contribution in [0.3, 0.4) is 0 Å². The molecule has 0 aliphatic heterocycles. The van der Waals surface area contributed by atoms with Crippen molar-refractivity contribution < 1.29 is 14.3 Å². The highest BCUT2D eigenvalue weighted by molar-refractivity contribution is 6.30. The maximum atomic E-state index is 13.0. The molecule has 146 valence electrons. The second-order valence-electron chi connectivity index (χ2n) is 7.70. The number of ether oxygens (including phenoxy) is 1. The molecule has 0 N–H and O–H groups in total. The molecule has 0 spiro atoms. The number of Topliss-reactive ketones (excluding diaryl/α,β-unsaturated/α-hetero) is 1. The van der Waals surface area contributed by atoms with Gasteiger partial charge in [0.1, 0.15) is 5.76 Å². The number of hydrogen-bond acceptors (Lipinski definition) is 3. The van der Waals surface area contributed by atoms with Crippen molar-refractivity contribution in [3.05, 3.63) is 75.5 Å². The van der Waals surface area contributed by atoms with Crippen LogP contribution in [0.1, 0.15) is 54.9 Å². The molecule has 0 heterocycles. The molecule has 0 saturated heterocycles. The van der Waals surface area contributed by atoms with E-state index in [1.165, 1.54) is 0 Å². The number of aryl methyl sites for hydroxylation is 2. The van der Waals surface area contributed by atoms with Gasteiger partial charge in [0.2, 0.25) is 0 Å². The van der Waals surface area contributed by atoms with Crippen molar-refractivity contribution in [2.45, 2.75) is 46.5 Å². The summed E-state index contributed by atoms with van der Waals surface area (Å²) in [6.07, 6.45) is 1.02. The number of esters is 1. The van der Waals surface area contributed by atoms with Crippen LogP contribution in [-0.4, -0.2) is 11.8 Å². The van der Waals surface area contributed by atoms with E-state index < -0.39 is 0 Å². The Morgan fingerprint density at radius 2 is 1.79 bits per heavy atom. The zero-order valence-electron chi connectivity index (χ0n) is 16.7. The van der Waals surface area contributed by atoms with Crippen molar-refractivity contribution in [3.63, 3.8) is 0 Å². The Balaban J connectivity index is 2.20. The van der Waals surface area contributed by atoms with Crippen molar-refractivity contribution in [1.29, 1.82) is 0 Å². The first-order valence-electron chi connectivity index (χ1n) is 9.60. The maximum absolute atomic E-state index is 13.0. The lowest BCUT2D eigenvalue weighted by Gasteiger charge is -2.28. The minimum absolute atomic E-state index is 0.0173. The van der Waals surface area contributed by atoms with Gasteiger partial charge in [-0.15, -0.1) is 0 Å². The molecule has 1 atom stereocenters. The zero-order valence-corrected chi connectivity index (χ0v) is 17.5. The average molecular weight is 397 g/mol. The van der Waals surface area contributed by atoms with Crippen LogP contribution in [0, 0.1) is 19.8 Å². The van der Waals surface area contributed by atoms with Crippen LogP contribution in [0.2, 0.25) is 5.02 Å². The molecule has 1 aliphatic carbocycles. The molecule has 0 radical (unpaired) electrons. The summed E-state index contributed by atoms with van der Waals surface area (Å²) in [7, 11) is 0. The van der Waals surface area contributed by atoms with E-state index in [1.807, 2.05) is 56.3 Å². The molecule has 0 fully saturated rings. The average Bonchev–Trinajstić information content (AvgIpc) is 2.64. The molecule has 0 aromatic heterocycles. The Hall–Kier alpha value is -2.39. The Bertz CT molecular complexity index is 939. The van der Waals surface area contributed by atoms with Gasteiger partial charge in [-0.3, -0.25) is 9.59 Å². The van der Waals surface area contributed by atoms with Gasteiger partial charge in [0, 0.05) is 17.4 Å². The lowest BCUT2D eigenvalue weighted by molar-refractivity contribution is -0.143. The molecule has 0 amide bonds. The molecule has 3 rings (SSSR count). The quantitative estimate of drug-likeness (QED) is 0.594. The Labute approximate surface area is 171 Å². The lowest BCUT2D eigenvalue weighted by atomic mass is 9.79. The summed E-state index contributed by atoms with van der Waals surface area (Å²) in [5.74, 6) is -0.289. The van der Waals surface area contributed by atoms with Crippen LogP contribution in [0.25, 0.3) is 5.57 Å². The smallest absolute Gasteiger partial charge is 0.313 e. The van der Waals surface area contributed by atoms with Gasteiger partial charge in [-0.05, 0) is 49.1 Å². The second-order valence-corrected chi connectivity index (χ2v) is 8.14. The molecule has 0 bridgehead atoms. The lowest BCUT2D eigenvalue weighted by Crippen LogP contribution is -2.23. The van der Waals surface area contributed by atoms with Gasteiger partial charge in [0.15, 0.2) is 5.78 Å². The number of ketones is 1. The number of benzene rings is 2. The summed E-state index contributed by atoms with van der Waals surface area (Å²) < 4.78 is 5.86. The van der Waals surface area contributed by atoms with Gasteiger partial charge in [0.05, 0.1) is 11.5 Å². The highest BCUT2D eigenvalue weighted by Crippen LogP contribution is 2.42. The van der Waals surface area contributed by atoms with Gasteiger partial charge >= 0.3 is 5.97 Å². The minimum Gasteiger partial charge on any atom is -0.429 e. The number of halogens is 1. The fourth-order valence-corrected chi connectivity index (χ4v) is 3.71. The summed E-state index contributed by atoms with van der Waals surface area (Å²) in [5.41, 5.74) is 4.47. The standard InChI is InChI=1S/C24H25ClO3/c1-14(2)24(27)28-23-20(17-6-8-18(25)9-7-17)11-12-21(26)22(23)19-10-5-15(3)13-16(19)4/h5-10,13-14,20H,11-12H2,1-4H3. The third kappa shape index (κ3) is 4.20. The second kappa shape index (κ2) is 8.32. The Morgan fingerprint density at radius 3 is 2.39 bits per heavy atom. The molecular formula is C24H25ClO3. The van der Waals surface area contributed by atoms with Crippen molar-refractivity contribution in [3.8, 4) is 0 Å². The number of hydrogen-bond donors (Lipinski definition) is 0. The number of carbonyl (C=O) groups is 2. The first-order valence-corrected chi connectivity index (χ1v) is 9.98. The van der Waals surface area contributed by atoms with E-state index in [-0.39, 0.29) is 23.6 Å². The van der Waals surface area contributed by atoms with Crippen molar-refractivity contribution >= 4 is 28.9 Å². The molecule has 3 nitrogen and oxygen atoms in total.